The number of rotatable bonds is 3. The molecule has 0 aromatic rings. The summed E-state index contributed by atoms with van der Waals surface area (Å²) < 4.78 is 22.8. The monoisotopic (exact) mass is 256 g/mol. The summed E-state index contributed by atoms with van der Waals surface area (Å²) in [6, 6.07) is -0.301. The first-order valence-electron chi connectivity index (χ1n) is 5.62. The van der Waals surface area contributed by atoms with Crippen molar-refractivity contribution in [3.8, 4) is 12.3 Å². The van der Waals surface area contributed by atoms with Gasteiger partial charge in [0.1, 0.15) is 0 Å². The van der Waals surface area contributed by atoms with E-state index in [0.717, 1.165) is 0 Å². The smallest absolute Gasteiger partial charge is 0.243 e. The third kappa shape index (κ3) is 2.45. The zero-order valence-electron chi connectivity index (χ0n) is 9.55. The van der Waals surface area contributed by atoms with E-state index in [-0.39, 0.29) is 30.0 Å². The Balaban J connectivity index is 2.13. The number of hydrogen-bond acceptors (Lipinski definition) is 4. The highest BCUT2D eigenvalue weighted by Crippen LogP contribution is 2.35. The van der Waals surface area contributed by atoms with Crippen molar-refractivity contribution in [3.05, 3.63) is 0 Å². The first-order valence-corrected chi connectivity index (χ1v) is 7.44. The first kappa shape index (κ1) is 12.4. The predicted octanol–water partition coefficient (Wildman–Crippen LogP) is -0.873. The molecule has 1 aliphatic carbocycles. The van der Waals surface area contributed by atoms with Crippen LogP contribution in [-0.2, 0) is 14.6 Å². The average molecular weight is 256 g/mol. The van der Waals surface area contributed by atoms with Crippen molar-refractivity contribution < 1.29 is 13.2 Å². The van der Waals surface area contributed by atoms with Crippen molar-refractivity contribution in [1.82, 2.24) is 4.90 Å². The Morgan fingerprint density at radius 3 is 2.59 bits per heavy atom. The number of hydrogen-bond donors (Lipinski definition) is 1. The molecule has 1 amide bonds. The summed E-state index contributed by atoms with van der Waals surface area (Å²) in [5, 5.41) is 0. The molecule has 1 saturated heterocycles. The number of terminal acetylenes is 1. The number of sulfone groups is 1. The van der Waals surface area contributed by atoms with E-state index in [9.17, 15) is 13.2 Å². The number of amides is 1. The molecule has 5 nitrogen and oxygen atoms in total. The van der Waals surface area contributed by atoms with Crippen molar-refractivity contribution in [2.45, 2.75) is 30.8 Å². The van der Waals surface area contributed by atoms with Gasteiger partial charge in [0, 0.05) is 6.04 Å². The van der Waals surface area contributed by atoms with Gasteiger partial charge in [-0.05, 0) is 19.3 Å². The van der Waals surface area contributed by atoms with Gasteiger partial charge in [0.05, 0.1) is 23.6 Å². The minimum Gasteiger partial charge on any atom is -0.326 e. The van der Waals surface area contributed by atoms with Crippen LogP contribution in [0.15, 0.2) is 0 Å². The summed E-state index contributed by atoms with van der Waals surface area (Å²) in [5.41, 5.74) is 5.06. The van der Waals surface area contributed by atoms with Gasteiger partial charge in [0.25, 0.3) is 0 Å². The second-order valence-electron chi connectivity index (χ2n) is 4.85. The Labute approximate surface area is 101 Å². The van der Waals surface area contributed by atoms with Crippen LogP contribution in [0.2, 0.25) is 0 Å². The third-order valence-electron chi connectivity index (χ3n) is 3.39. The Kier molecular flexibility index (Phi) is 2.92. The molecule has 0 spiro atoms. The first-order chi connectivity index (χ1) is 7.88. The Bertz CT molecular complexity index is 473. The zero-order valence-corrected chi connectivity index (χ0v) is 10.4. The van der Waals surface area contributed by atoms with E-state index >= 15 is 0 Å². The Morgan fingerprint density at radius 1 is 1.53 bits per heavy atom. The molecule has 0 aromatic carbocycles. The predicted molar refractivity (Wildman–Crippen MR) is 63.8 cm³/mol. The van der Waals surface area contributed by atoms with Gasteiger partial charge < -0.3 is 10.6 Å². The Morgan fingerprint density at radius 2 is 2.18 bits per heavy atom. The van der Waals surface area contributed by atoms with Crippen molar-refractivity contribution in [3.63, 3.8) is 0 Å². The largest absolute Gasteiger partial charge is 0.326 e. The molecule has 1 aliphatic heterocycles. The Hall–Kier alpha value is -1.06. The topological polar surface area (TPSA) is 80.5 Å². The standard InChI is InChI=1S/C11H16N2O3S/c1-2-6-13(10(14)11(12)4-5-11)9-3-7-17(15,16)8-9/h1,9H,3-8,12H2. The SMILES string of the molecule is C#CCN(C(=O)C1(N)CC1)C1CCS(=O)(=O)C1. The lowest BCUT2D eigenvalue weighted by Crippen LogP contribution is -2.50. The maximum absolute atomic E-state index is 12.1. The van der Waals surface area contributed by atoms with Crippen LogP contribution in [0.1, 0.15) is 19.3 Å². The van der Waals surface area contributed by atoms with E-state index in [0.29, 0.717) is 19.3 Å². The minimum atomic E-state index is -3.02. The summed E-state index contributed by atoms with van der Waals surface area (Å²) in [4.78, 5) is 13.6. The lowest BCUT2D eigenvalue weighted by molar-refractivity contribution is -0.134. The molecule has 2 rings (SSSR count). The molecule has 1 unspecified atom stereocenters. The molecule has 1 saturated carbocycles. The molecular weight excluding hydrogens is 240 g/mol. The summed E-state index contributed by atoms with van der Waals surface area (Å²) >= 11 is 0. The maximum Gasteiger partial charge on any atom is 0.243 e. The molecule has 0 radical (unpaired) electrons. The van der Waals surface area contributed by atoms with Crippen LogP contribution < -0.4 is 5.73 Å². The van der Waals surface area contributed by atoms with Gasteiger partial charge in [-0.25, -0.2) is 8.42 Å². The molecule has 6 heteroatoms. The van der Waals surface area contributed by atoms with Gasteiger partial charge >= 0.3 is 0 Å². The zero-order chi connectivity index (χ0) is 12.7. The summed E-state index contributed by atoms with van der Waals surface area (Å²) in [5.74, 6) is 2.35. The molecule has 1 atom stereocenters. The maximum atomic E-state index is 12.1. The van der Waals surface area contributed by atoms with Crippen LogP contribution in [0, 0.1) is 12.3 Å². The van der Waals surface area contributed by atoms with Crippen LogP contribution in [-0.4, -0.2) is 48.9 Å². The van der Waals surface area contributed by atoms with Crippen LogP contribution in [0.4, 0.5) is 0 Å². The molecule has 2 N–H and O–H groups in total. The molecule has 17 heavy (non-hydrogen) atoms. The van der Waals surface area contributed by atoms with Gasteiger partial charge in [0.15, 0.2) is 9.84 Å². The highest BCUT2D eigenvalue weighted by Gasteiger charge is 2.50. The lowest BCUT2D eigenvalue weighted by atomic mass is 10.1. The second-order valence-corrected chi connectivity index (χ2v) is 7.08. The third-order valence-corrected chi connectivity index (χ3v) is 5.14. The molecule has 0 bridgehead atoms. The van der Waals surface area contributed by atoms with Gasteiger partial charge in [-0.2, -0.15) is 0 Å². The highest BCUT2D eigenvalue weighted by molar-refractivity contribution is 7.91. The van der Waals surface area contributed by atoms with E-state index < -0.39 is 15.4 Å². The number of carbonyl (C=O) groups excluding carboxylic acids is 1. The molecule has 94 valence electrons. The molecule has 2 aliphatic rings. The van der Waals surface area contributed by atoms with Gasteiger partial charge in [-0.3, -0.25) is 4.79 Å². The van der Waals surface area contributed by atoms with Crippen LogP contribution in [0.3, 0.4) is 0 Å². The van der Waals surface area contributed by atoms with E-state index in [1.807, 2.05) is 0 Å². The number of nitrogens with zero attached hydrogens (tertiary/aromatic N) is 1. The number of carbonyl (C=O) groups is 1. The van der Waals surface area contributed by atoms with Gasteiger partial charge in [-0.15, -0.1) is 6.42 Å². The fourth-order valence-corrected chi connectivity index (χ4v) is 3.85. The fourth-order valence-electron chi connectivity index (χ4n) is 2.12. The van der Waals surface area contributed by atoms with Crippen LogP contribution >= 0.6 is 0 Å². The molecular formula is C11H16N2O3S. The summed E-state index contributed by atoms with van der Waals surface area (Å²) in [7, 11) is -3.02. The molecule has 0 aromatic heterocycles. The second kappa shape index (κ2) is 4.00. The molecule has 1 heterocycles. The van der Waals surface area contributed by atoms with Crippen LogP contribution in [0.25, 0.3) is 0 Å². The van der Waals surface area contributed by atoms with E-state index in [1.54, 1.807) is 0 Å². The fraction of sp³-hybridized carbons (Fsp3) is 0.727. The van der Waals surface area contributed by atoms with Crippen molar-refractivity contribution >= 4 is 15.7 Å². The van der Waals surface area contributed by atoms with Crippen molar-refractivity contribution in [2.24, 2.45) is 5.73 Å². The normalized spacial score (nSPS) is 28.4. The number of nitrogens with two attached hydrogens (primary N) is 1. The average Bonchev–Trinajstić information content (AvgIpc) is 2.90. The van der Waals surface area contributed by atoms with E-state index in [2.05, 4.69) is 5.92 Å². The van der Waals surface area contributed by atoms with Gasteiger partial charge in [0.2, 0.25) is 5.91 Å². The van der Waals surface area contributed by atoms with Crippen molar-refractivity contribution in [2.75, 3.05) is 18.1 Å². The summed E-state index contributed by atoms with van der Waals surface area (Å²) in [6.45, 7) is 0.137. The highest BCUT2D eigenvalue weighted by atomic mass is 32.2. The quantitative estimate of drug-likeness (QED) is 0.665. The van der Waals surface area contributed by atoms with E-state index in [4.69, 9.17) is 12.2 Å². The van der Waals surface area contributed by atoms with Gasteiger partial charge in [-0.1, -0.05) is 5.92 Å². The molecule has 2 fully saturated rings. The van der Waals surface area contributed by atoms with Crippen molar-refractivity contribution in [1.29, 1.82) is 0 Å². The summed E-state index contributed by atoms with van der Waals surface area (Å²) in [6.07, 6.45) is 7.01. The van der Waals surface area contributed by atoms with Crippen LogP contribution in [0.5, 0.6) is 0 Å². The van der Waals surface area contributed by atoms with E-state index in [1.165, 1.54) is 4.90 Å². The minimum absolute atomic E-state index is 0.0104. The lowest BCUT2D eigenvalue weighted by Gasteiger charge is -2.28.